The third-order valence-electron chi connectivity index (χ3n) is 7.12. The van der Waals surface area contributed by atoms with Gasteiger partial charge in [0.15, 0.2) is 0 Å². The summed E-state index contributed by atoms with van der Waals surface area (Å²) < 4.78 is 0. The number of piperidine rings is 1. The first-order valence-corrected chi connectivity index (χ1v) is 12.4. The zero-order chi connectivity index (χ0) is 23.1. The van der Waals surface area contributed by atoms with E-state index in [4.69, 9.17) is 4.99 Å². The van der Waals surface area contributed by atoms with Crippen LogP contribution in [0.4, 0.5) is 5.69 Å². The van der Waals surface area contributed by atoms with E-state index in [9.17, 15) is 0 Å². The summed E-state index contributed by atoms with van der Waals surface area (Å²) in [7, 11) is 2.16. The fourth-order valence-electron chi connectivity index (χ4n) is 5.12. The number of benzene rings is 1. The zero-order valence-electron chi connectivity index (χ0n) is 20.3. The van der Waals surface area contributed by atoms with Gasteiger partial charge in [-0.2, -0.15) is 0 Å². The van der Waals surface area contributed by atoms with E-state index in [1.807, 2.05) is 0 Å². The van der Waals surface area contributed by atoms with E-state index in [0.717, 1.165) is 62.0 Å². The van der Waals surface area contributed by atoms with Crippen LogP contribution in [-0.4, -0.2) is 62.9 Å². The lowest BCUT2D eigenvalue weighted by atomic mass is 9.80. The predicted molar refractivity (Wildman–Crippen MR) is 141 cm³/mol. The molecule has 176 valence electrons. The summed E-state index contributed by atoms with van der Waals surface area (Å²) in [4.78, 5) is 18.4. The van der Waals surface area contributed by atoms with Crippen molar-refractivity contribution in [2.45, 2.75) is 45.4 Å². The topological polar surface area (TPSA) is 55.6 Å². The summed E-state index contributed by atoms with van der Waals surface area (Å²) in [5.41, 5.74) is 4.78. The molecule has 1 unspecified atom stereocenters. The molecule has 4 rings (SSSR count). The van der Waals surface area contributed by atoms with Gasteiger partial charge in [-0.05, 0) is 57.2 Å². The summed E-state index contributed by atoms with van der Waals surface area (Å²) in [5.74, 6) is 1.14. The van der Waals surface area contributed by atoms with Crippen LogP contribution in [0.2, 0.25) is 0 Å². The quantitative estimate of drug-likeness (QED) is 0.615. The van der Waals surface area contributed by atoms with Crippen LogP contribution in [0.1, 0.15) is 51.0 Å². The Morgan fingerprint density at radius 2 is 2.09 bits per heavy atom. The monoisotopic (exact) mass is 446 g/mol. The number of hydrogen-bond donors (Lipinski definition) is 1. The molecule has 0 radical (unpaired) electrons. The van der Waals surface area contributed by atoms with Crippen LogP contribution < -0.4 is 10.2 Å². The van der Waals surface area contributed by atoms with E-state index in [1.165, 1.54) is 37.8 Å². The van der Waals surface area contributed by atoms with E-state index in [0.29, 0.717) is 5.41 Å². The number of nitrogens with zero attached hydrogens (tertiary/aromatic N) is 5. The molecule has 0 amide bonds. The van der Waals surface area contributed by atoms with Crippen molar-refractivity contribution >= 4 is 29.6 Å². The molecule has 6 heteroatoms. The molecule has 0 bridgehead atoms. The molecule has 1 spiro atoms. The first-order valence-electron chi connectivity index (χ1n) is 12.4. The molecule has 1 atom stereocenters. The van der Waals surface area contributed by atoms with Gasteiger partial charge in [-0.15, -0.1) is 0 Å². The largest absolute Gasteiger partial charge is 0.375 e. The van der Waals surface area contributed by atoms with Crippen LogP contribution in [0.3, 0.4) is 0 Å². The fourth-order valence-corrected chi connectivity index (χ4v) is 5.12. The van der Waals surface area contributed by atoms with Crippen molar-refractivity contribution in [1.29, 1.82) is 0 Å². The molecule has 6 nitrogen and oxygen atoms in total. The van der Waals surface area contributed by atoms with Gasteiger partial charge in [-0.25, -0.2) is 4.99 Å². The number of aliphatic imine (C=N–C) groups is 3. The average molecular weight is 447 g/mol. The van der Waals surface area contributed by atoms with E-state index < -0.39 is 0 Å². The zero-order valence-corrected chi connectivity index (χ0v) is 20.3. The van der Waals surface area contributed by atoms with Crippen molar-refractivity contribution in [3.8, 4) is 0 Å². The third-order valence-corrected chi connectivity index (χ3v) is 7.12. The molecule has 0 aliphatic carbocycles. The lowest BCUT2D eigenvalue weighted by Gasteiger charge is -2.34. The second kappa shape index (κ2) is 10.9. The Hall–Kier alpha value is -2.73. The molecule has 33 heavy (non-hydrogen) atoms. The normalized spacial score (nSPS) is 24.4. The van der Waals surface area contributed by atoms with E-state index in [1.54, 1.807) is 12.4 Å². The number of nitrogens with one attached hydrogen (secondary N) is 1. The third kappa shape index (κ3) is 5.80. The minimum atomic E-state index is 0.400. The lowest BCUT2D eigenvalue weighted by Crippen LogP contribution is -2.43. The Labute approximate surface area is 198 Å². The van der Waals surface area contributed by atoms with Crippen molar-refractivity contribution in [3.63, 3.8) is 0 Å². The van der Waals surface area contributed by atoms with Gasteiger partial charge in [0.1, 0.15) is 5.84 Å². The molecule has 0 aromatic heterocycles. The summed E-state index contributed by atoms with van der Waals surface area (Å²) in [6, 6.07) is 8.77. The van der Waals surface area contributed by atoms with Gasteiger partial charge in [-0.1, -0.05) is 25.5 Å². The van der Waals surface area contributed by atoms with E-state index in [2.05, 4.69) is 76.1 Å². The summed E-state index contributed by atoms with van der Waals surface area (Å²) in [6.07, 6.45) is 12.5. The number of rotatable bonds is 7. The lowest BCUT2D eigenvalue weighted by molar-refractivity contribution is 0.223. The molecule has 2 fully saturated rings. The molecule has 1 aromatic carbocycles. The minimum absolute atomic E-state index is 0.400. The van der Waals surface area contributed by atoms with Gasteiger partial charge in [-0.3, -0.25) is 9.98 Å². The highest BCUT2D eigenvalue weighted by molar-refractivity contribution is 6.16. The van der Waals surface area contributed by atoms with Crippen molar-refractivity contribution in [2.24, 2.45) is 20.4 Å². The summed E-state index contributed by atoms with van der Waals surface area (Å²) >= 11 is 0. The van der Waals surface area contributed by atoms with Gasteiger partial charge in [0, 0.05) is 68.7 Å². The molecule has 3 heterocycles. The minimum Gasteiger partial charge on any atom is -0.375 e. The Kier molecular flexibility index (Phi) is 7.76. The second-order valence-electron chi connectivity index (χ2n) is 9.61. The number of likely N-dealkylation sites (tertiary alicyclic amines) is 1. The highest BCUT2D eigenvalue weighted by atomic mass is 15.2. The molecule has 3 aliphatic heterocycles. The Balaban J connectivity index is 1.56. The molecular weight excluding hydrogens is 408 g/mol. The number of anilines is 1. The first kappa shape index (κ1) is 23.4. The smallest absolute Gasteiger partial charge is 0.111 e. The predicted octanol–water partition coefficient (Wildman–Crippen LogP) is 4.75. The molecule has 1 N–H and O–H groups in total. The van der Waals surface area contributed by atoms with E-state index >= 15 is 0 Å². The molecule has 3 aliphatic rings. The Morgan fingerprint density at radius 1 is 1.24 bits per heavy atom. The van der Waals surface area contributed by atoms with Crippen molar-refractivity contribution in [2.75, 3.05) is 44.7 Å². The maximum Gasteiger partial charge on any atom is 0.111 e. The molecular formula is C27H38N6. The Morgan fingerprint density at radius 3 is 2.82 bits per heavy atom. The van der Waals surface area contributed by atoms with Crippen LogP contribution in [-0.2, 0) is 0 Å². The van der Waals surface area contributed by atoms with Crippen LogP contribution in [0.5, 0.6) is 0 Å². The maximum atomic E-state index is 5.14. The molecule has 0 saturated carbocycles. The van der Waals surface area contributed by atoms with Gasteiger partial charge < -0.3 is 15.1 Å². The summed E-state index contributed by atoms with van der Waals surface area (Å²) in [5, 5.41) is 3.61. The highest BCUT2D eigenvalue weighted by Gasteiger charge is 2.40. The van der Waals surface area contributed by atoms with E-state index in [-0.39, 0.29) is 0 Å². The maximum absolute atomic E-state index is 5.14. The van der Waals surface area contributed by atoms with Crippen molar-refractivity contribution in [1.82, 2.24) is 10.2 Å². The summed E-state index contributed by atoms with van der Waals surface area (Å²) in [6.45, 7) is 11.3. The van der Waals surface area contributed by atoms with Gasteiger partial charge in [0.25, 0.3) is 0 Å². The van der Waals surface area contributed by atoms with Crippen LogP contribution in [0, 0.1) is 5.41 Å². The highest BCUT2D eigenvalue weighted by Crippen LogP contribution is 2.37. The van der Waals surface area contributed by atoms with Crippen LogP contribution in [0.15, 0.2) is 57.7 Å². The second-order valence-corrected chi connectivity index (χ2v) is 9.61. The molecule has 2 saturated heterocycles. The van der Waals surface area contributed by atoms with Gasteiger partial charge in [0.05, 0.1) is 11.4 Å². The van der Waals surface area contributed by atoms with Crippen LogP contribution in [0.25, 0.3) is 5.70 Å². The first-order chi connectivity index (χ1) is 16.1. The van der Waals surface area contributed by atoms with Crippen molar-refractivity contribution < 1.29 is 0 Å². The average Bonchev–Trinajstić information content (AvgIpc) is 3.26. The number of allylic oxidation sites excluding steroid dienone is 1. The standard InChI is InChI=1S/C27H38N6/c1-4-5-16-32(3)24-9-7-22(8-10-24)25-18-23(30-15-14-28-2)19-26(31-25)33-17-12-27(21-33)11-6-13-29-20-27/h7-10,14-15,18,29H,2,4-6,11-13,16-17,19-21H2,1,3H3/b15-14-,30-23?. The van der Waals surface area contributed by atoms with Gasteiger partial charge >= 0.3 is 0 Å². The van der Waals surface area contributed by atoms with Gasteiger partial charge in [0.2, 0.25) is 0 Å². The Bertz CT molecular complexity index is 934. The number of amidine groups is 1. The van der Waals surface area contributed by atoms with Crippen molar-refractivity contribution in [3.05, 3.63) is 48.3 Å². The number of hydrogen-bond acceptors (Lipinski definition) is 6. The van der Waals surface area contributed by atoms with Crippen LogP contribution >= 0.6 is 0 Å². The fraction of sp³-hybridized carbons (Fsp3) is 0.519. The molecule has 1 aromatic rings. The number of unbranched alkanes of at least 4 members (excludes halogenated alkanes) is 1. The SMILES string of the molecule is C=N/C=C\N=C1C=C(c2ccc(N(C)CCCC)cc2)N=C(N2CCC3(CCCNC3)C2)C1.